The van der Waals surface area contributed by atoms with Gasteiger partial charge in [-0.3, -0.25) is 9.36 Å². The lowest BCUT2D eigenvalue weighted by Crippen LogP contribution is -2.40. The van der Waals surface area contributed by atoms with Crippen LogP contribution in [0.25, 0.3) is 17.1 Å². The summed E-state index contributed by atoms with van der Waals surface area (Å²) >= 11 is 0. The van der Waals surface area contributed by atoms with Gasteiger partial charge in [-0.25, -0.2) is 18.0 Å². The van der Waals surface area contributed by atoms with Crippen molar-refractivity contribution in [1.29, 1.82) is 0 Å². The minimum Gasteiger partial charge on any atom is -0.494 e. The fraction of sp³-hybridized carbons (Fsp3) is 0.464. The van der Waals surface area contributed by atoms with Crippen LogP contribution in [-0.4, -0.2) is 57.7 Å². The van der Waals surface area contributed by atoms with Crippen LogP contribution in [-0.2, 0) is 17.8 Å². The molecule has 2 heterocycles. The van der Waals surface area contributed by atoms with E-state index in [1.807, 2.05) is 30.9 Å². The molecule has 10 heteroatoms. The molecule has 1 saturated heterocycles. The molecule has 0 unspecified atom stereocenters. The first kappa shape index (κ1) is 27.6. The van der Waals surface area contributed by atoms with Crippen LogP contribution in [0.2, 0.25) is 0 Å². The van der Waals surface area contributed by atoms with Crippen LogP contribution >= 0.6 is 0 Å². The summed E-state index contributed by atoms with van der Waals surface area (Å²) < 4.78 is 48.4. The number of nitrogens with zero attached hydrogens (tertiary/aromatic N) is 4. The molecule has 1 fully saturated rings. The summed E-state index contributed by atoms with van der Waals surface area (Å²) in [4.78, 5) is 28.1. The van der Waals surface area contributed by atoms with E-state index in [4.69, 9.17) is 4.74 Å². The van der Waals surface area contributed by atoms with Crippen LogP contribution < -0.4 is 10.4 Å². The SMILES string of the molecule is COc1cc(-c2nn(-c3ccc(CCN4CCC(F)(F)CC4)cc3)c(=O)n2CC(=O)CC(C)C)ccc1F. The van der Waals surface area contributed by atoms with Crippen molar-refractivity contribution in [2.75, 3.05) is 26.7 Å². The van der Waals surface area contributed by atoms with E-state index in [2.05, 4.69) is 5.10 Å². The zero-order valence-electron chi connectivity index (χ0n) is 21.9. The lowest BCUT2D eigenvalue weighted by Gasteiger charge is -2.31. The van der Waals surface area contributed by atoms with Crippen molar-refractivity contribution in [2.24, 2.45) is 5.92 Å². The molecule has 0 saturated carbocycles. The molecule has 7 nitrogen and oxygen atoms in total. The molecular formula is C28H33F3N4O3. The summed E-state index contributed by atoms with van der Waals surface area (Å²) in [5.74, 6) is -2.84. The summed E-state index contributed by atoms with van der Waals surface area (Å²) in [6.07, 6.45) is 0.783. The Morgan fingerprint density at radius 3 is 2.42 bits per heavy atom. The van der Waals surface area contributed by atoms with E-state index in [0.29, 0.717) is 43.7 Å². The van der Waals surface area contributed by atoms with E-state index < -0.39 is 17.4 Å². The van der Waals surface area contributed by atoms with Gasteiger partial charge in [-0.1, -0.05) is 26.0 Å². The van der Waals surface area contributed by atoms with Gasteiger partial charge in [0.05, 0.1) is 19.3 Å². The number of hydrogen-bond donors (Lipinski definition) is 0. The highest BCUT2D eigenvalue weighted by atomic mass is 19.3. The van der Waals surface area contributed by atoms with Gasteiger partial charge in [-0.2, -0.15) is 4.68 Å². The zero-order chi connectivity index (χ0) is 27.4. The third kappa shape index (κ3) is 6.53. The molecule has 0 atom stereocenters. The quantitative estimate of drug-likeness (QED) is 0.379. The van der Waals surface area contributed by atoms with E-state index in [9.17, 15) is 22.8 Å². The van der Waals surface area contributed by atoms with Crippen molar-refractivity contribution < 1.29 is 22.7 Å². The van der Waals surface area contributed by atoms with Crippen LogP contribution in [0.5, 0.6) is 5.75 Å². The zero-order valence-corrected chi connectivity index (χ0v) is 21.9. The third-order valence-electron chi connectivity index (χ3n) is 6.73. The number of aromatic nitrogens is 3. The van der Waals surface area contributed by atoms with Gasteiger partial charge < -0.3 is 9.64 Å². The van der Waals surface area contributed by atoms with Gasteiger partial charge in [0.2, 0.25) is 0 Å². The first-order chi connectivity index (χ1) is 18.1. The molecule has 0 N–H and O–H groups in total. The number of ether oxygens (including phenoxy) is 1. The van der Waals surface area contributed by atoms with E-state index in [1.165, 1.54) is 34.6 Å². The second kappa shape index (κ2) is 11.6. The van der Waals surface area contributed by atoms with Crippen LogP contribution in [0.3, 0.4) is 0 Å². The Bertz CT molecular complexity index is 1320. The molecule has 0 amide bonds. The predicted molar refractivity (Wildman–Crippen MR) is 139 cm³/mol. The van der Waals surface area contributed by atoms with Gasteiger partial charge in [0.15, 0.2) is 23.2 Å². The molecule has 0 radical (unpaired) electrons. The molecule has 2 aromatic carbocycles. The minimum absolute atomic E-state index is 0.00586. The van der Waals surface area contributed by atoms with Crippen LogP contribution in [0.1, 0.15) is 38.7 Å². The third-order valence-corrected chi connectivity index (χ3v) is 6.73. The molecule has 0 spiro atoms. The molecule has 38 heavy (non-hydrogen) atoms. The van der Waals surface area contributed by atoms with Gasteiger partial charge in [0.1, 0.15) is 0 Å². The van der Waals surface area contributed by atoms with Crippen LogP contribution in [0.15, 0.2) is 47.3 Å². The fourth-order valence-corrected chi connectivity index (χ4v) is 4.61. The molecule has 1 aliphatic rings. The molecule has 0 aliphatic carbocycles. The number of likely N-dealkylation sites (tertiary alicyclic amines) is 1. The number of halogens is 3. The van der Waals surface area contributed by atoms with Crippen molar-refractivity contribution in [3.05, 3.63) is 64.3 Å². The minimum atomic E-state index is -2.56. The van der Waals surface area contributed by atoms with Gasteiger partial charge in [-0.05, 0) is 48.2 Å². The summed E-state index contributed by atoms with van der Waals surface area (Å²) in [6.45, 7) is 5.14. The number of rotatable bonds is 10. The highest BCUT2D eigenvalue weighted by Crippen LogP contribution is 2.28. The average Bonchev–Trinajstić information content (AvgIpc) is 3.19. The van der Waals surface area contributed by atoms with E-state index in [-0.39, 0.29) is 42.7 Å². The number of carbonyl (C=O) groups excluding carboxylic acids is 1. The Balaban J connectivity index is 1.59. The van der Waals surface area contributed by atoms with Crippen molar-refractivity contribution in [3.8, 4) is 22.8 Å². The smallest absolute Gasteiger partial charge is 0.351 e. The highest BCUT2D eigenvalue weighted by molar-refractivity contribution is 5.79. The summed E-state index contributed by atoms with van der Waals surface area (Å²) in [7, 11) is 1.35. The standard InChI is InChI=1S/C28H33F3N4O3/c1-19(2)16-23(36)18-34-26(21-6-9-24(29)25(17-21)38-3)32-35(27(34)37)22-7-4-20(5-8-22)10-13-33-14-11-28(30,31)12-15-33/h4-9,17,19H,10-16,18H2,1-3H3. The summed E-state index contributed by atoms with van der Waals surface area (Å²) in [5.41, 5.74) is 1.48. The van der Waals surface area contributed by atoms with Crippen molar-refractivity contribution in [3.63, 3.8) is 0 Å². The summed E-state index contributed by atoms with van der Waals surface area (Å²) in [5, 5.41) is 4.51. The second-order valence-corrected chi connectivity index (χ2v) is 10.2. The van der Waals surface area contributed by atoms with Gasteiger partial charge in [-0.15, -0.1) is 5.10 Å². The van der Waals surface area contributed by atoms with Crippen LogP contribution in [0, 0.1) is 11.7 Å². The average molecular weight is 531 g/mol. The molecular weight excluding hydrogens is 497 g/mol. The van der Waals surface area contributed by atoms with Crippen molar-refractivity contribution >= 4 is 5.78 Å². The highest BCUT2D eigenvalue weighted by Gasteiger charge is 2.33. The second-order valence-electron chi connectivity index (χ2n) is 10.2. The molecule has 4 rings (SSSR count). The lowest BCUT2D eigenvalue weighted by atomic mass is 10.1. The lowest BCUT2D eigenvalue weighted by molar-refractivity contribution is -0.120. The topological polar surface area (TPSA) is 69.4 Å². The molecule has 1 aliphatic heterocycles. The Morgan fingerprint density at radius 1 is 1.11 bits per heavy atom. The van der Waals surface area contributed by atoms with Gasteiger partial charge >= 0.3 is 5.69 Å². The monoisotopic (exact) mass is 530 g/mol. The number of methoxy groups -OCH3 is 1. The van der Waals surface area contributed by atoms with Crippen molar-refractivity contribution in [1.82, 2.24) is 19.2 Å². The Morgan fingerprint density at radius 2 is 1.79 bits per heavy atom. The van der Waals surface area contributed by atoms with Gasteiger partial charge in [0.25, 0.3) is 5.92 Å². The largest absolute Gasteiger partial charge is 0.494 e. The number of benzene rings is 2. The predicted octanol–water partition coefficient (Wildman–Crippen LogP) is 4.74. The molecule has 1 aromatic heterocycles. The first-order valence-electron chi connectivity index (χ1n) is 12.8. The maximum Gasteiger partial charge on any atom is 0.351 e. The van der Waals surface area contributed by atoms with E-state index in [1.54, 1.807) is 12.1 Å². The normalized spacial score (nSPS) is 15.7. The number of Topliss-reactive ketones (excluding diaryl/α,β-unsaturated/α-hetero) is 1. The van der Waals surface area contributed by atoms with E-state index >= 15 is 0 Å². The van der Waals surface area contributed by atoms with Gasteiger partial charge in [0, 0.05) is 44.5 Å². The molecule has 0 bridgehead atoms. The first-order valence-corrected chi connectivity index (χ1v) is 12.8. The number of ketones is 1. The molecule has 204 valence electrons. The molecule has 3 aromatic rings. The number of piperidine rings is 1. The summed E-state index contributed by atoms with van der Waals surface area (Å²) in [6, 6.07) is 11.5. The van der Waals surface area contributed by atoms with E-state index in [0.717, 1.165) is 5.56 Å². The van der Waals surface area contributed by atoms with Crippen molar-refractivity contribution in [2.45, 2.75) is 52.0 Å². The Labute approximate surface area is 219 Å². The fourth-order valence-electron chi connectivity index (χ4n) is 4.61. The maximum absolute atomic E-state index is 14.0. The van der Waals surface area contributed by atoms with Crippen LogP contribution in [0.4, 0.5) is 13.2 Å². The number of hydrogen-bond acceptors (Lipinski definition) is 5. The number of carbonyl (C=O) groups is 1. The maximum atomic E-state index is 14.0. The number of alkyl halides is 2. The Hall–Kier alpha value is -3.40. The Kier molecular flexibility index (Phi) is 8.40.